The lowest BCUT2D eigenvalue weighted by Crippen LogP contribution is -2.66. The molecule has 0 aromatic carbocycles. The minimum atomic E-state index is -1.98. The van der Waals surface area contributed by atoms with E-state index in [4.69, 9.17) is 28.4 Å². The number of hydrogen-bond acceptors (Lipinski definition) is 18. The summed E-state index contributed by atoms with van der Waals surface area (Å²) >= 11 is 0. The summed E-state index contributed by atoms with van der Waals surface area (Å²) in [5.74, 6) is -0.324. The number of rotatable bonds is 33. The van der Waals surface area contributed by atoms with Gasteiger partial charge in [0.05, 0.1) is 38.6 Å². The van der Waals surface area contributed by atoms with Gasteiger partial charge in [0, 0.05) is 6.42 Å². The van der Waals surface area contributed by atoms with Crippen LogP contribution in [0.4, 0.5) is 0 Å². The highest BCUT2D eigenvalue weighted by Gasteiger charge is 2.53. The molecule has 69 heavy (non-hydrogen) atoms. The van der Waals surface area contributed by atoms with Crippen molar-refractivity contribution in [3.63, 3.8) is 0 Å². The molecule has 3 fully saturated rings. The molecule has 0 aromatic rings. The highest BCUT2D eigenvalue weighted by molar-refractivity contribution is 5.76. The van der Waals surface area contributed by atoms with Crippen LogP contribution in [0.1, 0.15) is 117 Å². The highest BCUT2D eigenvalue weighted by Crippen LogP contribution is 2.33. The second kappa shape index (κ2) is 34.8. The van der Waals surface area contributed by atoms with Crippen LogP contribution in [-0.4, -0.2) is 193 Å². The summed E-state index contributed by atoms with van der Waals surface area (Å²) in [5, 5.41) is 119. The van der Waals surface area contributed by atoms with Gasteiger partial charge in [-0.15, -0.1) is 0 Å². The van der Waals surface area contributed by atoms with Crippen molar-refractivity contribution >= 4 is 5.91 Å². The normalized spacial score (nSPS) is 33.4. The summed E-state index contributed by atoms with van der Waals surface area (Å²) in [4.78, 5) is 13.2. The Balaban J connectivity index is 1.58. The Hall–Kier alpha value is -2.51. The molecule has 0 saturated carbocycles. The Morgan fingerprint density at radius 3 is 1.57 bits per heavy atom. The number of hydrogen-bond donors (Lipinski definition) is 12. The van der Waals surface area contributed by atoms with Crippen molar-refractivity contribution in [1.29, 1.82) is 0 Å². The van der Waals surface area contributed by atoms with Gasteiger partial charge in [-0.05, 0) is 57.8 Å². The first kappa shape index (κ1) is 60.8. The molecule has 0 spiro atoms. The van der Waals surface area contributed by atoms with Crippen LogP contribution in [0, 0.1) is 0 Å². The van der Waals surface area contributed by atoms with Gasteiger partial charge in [0.25, 0.3) is 0 Å². The monoisotopic (exact) mass is 988 g/mol. The number of carbonyl (C=O) groups is 1. The Labute approximate surface area is 407 Å². The van der Waals surface area contributed by atoms with Gasteiger partial charge in [0.15, 0.2) is 18.9 Å². The zero-order chi connectivity index (χ0) is 50.6. The molecule has 3 rings (SSSR count). The van der Waals surface area contributed by atoms with Crippen molar-refractivity contribution < 1.29 is 89.4 Å². The Bertz CT molecular complexity index is 1510. The standard InChI is InChI=1S/C50H85NO18/c1-3-5-7-9-11-13-14-15-16-17-18-20-22-24-26-28-38(56)51-33(34(55)27-25-23-21-19-12-10-8-6-4-2)32-64-48-44(62)41(59)46(36(30-53)66-48)69-50-45(63)42(60)47(37(31-54)67-50)68-49-43(61)40(58)39(57)35(29-52)65-49/h5,7,11,13,15-16,18,20,25,27,33-37,39-50,52-55,57-63H,3-4,6,8-10,12,14,17,19,21-24,26,28-32H2,1-2H3,(H,51,56)/b7-5-,13-11-,16-15-,20-18-,27-25+. The Morgan fingerprint density at radius 2 is 1.00 bits per heavy atom. The molecule has 0 aromatic heterocycles. The van der Waals surface area contributed by atoms with Gasteiger partial charge in [0.2, 0.25) is 5.91 Å². The van der Waals surface area contributed by atoms with Crippen LogP contribution < -0.4 is 5.32 Å². The molecule has 3 heterocycles. The van der Waals surface area contributed by atoms with E-state index in [1.54, 1.807) is 6.08 Å². The fourth-order valence-electron chi connectivity index (χ4n) is 8.12. The topological polar surface area (TPSA) is 307 Å². The summed E-state index contributed by atoms with van der Waals surface area (Å²) in [6.45, 7) is 1.48. The predicted octanol–water partition coefficient (Wildman–Crippen LogP) is 1.36. The summed E-state index contributed by atoms with van der Waals surface area (Å²) in [7, 11) is 0. The van der Waals surface area contributed by atoms with Crippen LogP contribution in [0.25, 0.3) is 0 Å². The van der Waals surface area contributed by atoms with Crippen LogP contribution >= 0.6 is 0 Å². The maximum absolute atomic E-state index is 13.2. The van der Waals surface area contributed by atoms with Gasteiger partial charge < -0.3 is 89.9 Å². The van der Waals surface area contributed by atoms with Crippen LogP contribution in [0.5, 0.6) is 0 Å². The lowest BCUT2D eigenvalue weighted by atomic mass is 9.96. The molecule has 398 valence electrons. The van der Waals surface area contributed by atoms with E-state index in [0.29, 0.717) is 6.42 Å². The van der Waals surface area contributed by atoms with E-state index in [2.05, 4.69) is 67.8 Å². The molecule has 3 saturated heterocycles. The van der Waals surface area contributed by atoms with Gasteiger partial charge in [-0.2, -0.15) is 0 Å². The summed E-state index contributed by atoms with van der Waals surface area (Å²) in [6.07, 6.45) is 8.19. The van der Waals surface area contributed by atoms with Crippen molar-refractivity contribution in [3.8, 4) is 0 Å². The van der Waals surface area contributed by atoms with Gasteiger partial charge in [-0.3, -0.25) is 4.79 Å². The summed E-state index contributed by atoms with van der Waals surface area (Å²) in [5.41, 5.74) is 0. The van der Waals surface area contributed by atoms with E-state index in [0.717, 1.165) is 64.2 Å². The number of ether oxygens (including phenoxy) is 6. The van der Waals surface area contributed by atoms with Crippen molar-refractivity contribution in [2.45, 2.75) is 221 Å². The molecule has 12 N–H and O–H groups in total. The van der Waals surface area contributed by atoms with Gasteiger partial charge in [-0.1, -0.05) is 113 Å². The zero-order valence-electron chi connectivity index (χ0n) is 40.5. The summed E-state index contributed by atoms with van der Waals surface area (Å²) in [6, 6.07) is -0.993. The second-order valence-electron chi connectivity index (χ2n) is 17.9. The molecular weight excluding hydrogens is 903 g/mol. The zero-order valence-corrected chi connectivity index (χ0v) is 40.5. The van der Waals surface area contributed by atoms with Crippen LogP contribution in [0.3, 0.4) is 0 Å². The van der Waals surface area contributed by atoms with Gasteiger partial charge in [-0.25, -0.2) is 0 Å². The van der Waals surface area contributed by atoms with Crippen molar-refractivity contribution in [2.75, 3.05) is 26.4 Å². The molecule has 0 aliphatic carbocycles. The molecule has 17 unspecified atom stereocenters. The Morgan fingerprint density at radius 1 is 0.536 bits per heavy atom. The first-order valence-electron chi connectivity index (χ1n) is 25.0. The number of aliphatic hydroxyl groups excluding tert-OH is 11. The van der Waals surface area contributed by atoms with E-state index in [1.807, 2.05) is 6.08 Å². The maximum Gasteiger partial charge on any atom is 0.220 e. The average molecular weight is 988 g/mol. The van der Waals surface area contributed by atoms with Gasteiger partial charge >= 0.3 is 0 Å². The highest BCUT2D eigenvalue weighted by atomic mass is 16.8. The lowest BCUT2D eigenvalue weighted by Gasteiger charge is -2.48. The first-order valence-corrected chi connectivity index (χ1v) is 25.0. The average Bonchev–Trinajstić information content (AvgIpc) is 3.34. The number of amides is 1. The van der Waals surface area contributed by atoms with Crippen LogP contribution in [0.2, 0.25) is 0 Å². The third kappa shape index (κ3) is 20.9. The summed E-state index contributed by atoms with van der Waals surface area (Å²) < 4.78 is 34.0. The minimum absolute atomic E-state index is 0.187. The van der Waals surface area contributed by atoms with Crippen molar-refractivity contribution in [3.05, 3.63) is 60.8 Å². The third-order valence-corrected chi connectivity index (χ3v) is 12.3. The number of nitrogens with one attached hydrogen (secondary N) is 1. The molecule has 19 nitrogen and oxygen atoms in total. The molecule has 17 atom stereocenters. The molecular formula is C50H85NO18. The quantitative estimate of drug-likeness (QED) is 0.0326. The smallest absolute Gasteiger partial charge is 0.220 e. The van der Waals surface area contributed by atoms with Crippen molar-refractivity contribution in [2.24, 2.45) is 0 Å². The van der Waals surface area contributed by atoms with Gasteiger partial charge in [0.1, 0.15) is 73.2 Å². The number of allylic oxidation sites excluding steroid dienone is 9. The van der Waals surface area contributed by atoms with E-state index in [1.165, 1.54) is 25.7 Å². The lowest BCUT2D eigenvalue weighted by molar-refractivity contribution is -0.379. The SMILES string of the molecule is CC/C=C\C/C=C\C/C=C\C/C=C\CCCCC(=O)NC(COC1OC(CO)C(OC2OC(CO)C(OC3OC(CO)C(O)C(O)C3O)C(O)C2O)C(O)C1O)C(O)/C=C/CCCCCCCCC. The molecule has 1 amide bonds. The molecule has 3 aliphatic heterocycles. The number of carbonyl (C=O) groups excluding carboxylic acids is 1. The third-order valence-electron chi connectivity index (χ3n) is 12.3. The molecule has 0 bridgehead atoms. The first-order chi connectivity index (χ1) is 33.3. The molecule has 3 aliphatic rings. The molecule has 0 radical (unpaired) electrons. The van der Waals surface area contributed by atoms with E-state index < -0.39 is 124 Å². The molecule has 19 heteroatoms. The fraction of sp³-hybridized carbons (Fsp3) is 0.780. The van der Waals surface area contributed by atoms with E-state index in [9.17, 15) is 61.0 Å². The number of aliphatic hydroxyl groups is 11. The second-order valence-corrected chi connectivity index (χ2v) is 17.9. The fourth-order valence-corrected chi connectivity index (χ4v) is 8.12. The van der Waals surface area contributed by atoms with Crippen LogP contribution in [0.15, 0.2) is 60.8 Å². The van der Waals surface area contributed by atoms with Crippen LogP contribution in [-0.2, 0) is 33.2 Å². The predicted molar refractivity (Wildman–Crippen MR) is 254 cm³/mol. The number of unbranched alkanes of at least 4 members (excludes halogenated alkanes) is 9. The van der Waals surface area contributed by atoms with E-state index in [-0.39, 0.29) is 18.9 Å². The largest absolute Gasteiger partial charge is 0.394 e. The minimum Gasteiger partial charge on any atom is -0.394 e. The Kier molecular flexibility index (Phi) is 30.6. The maximum atomic E-state index is 13.2. The van der Waals surface area contributed by atoms with Crippen molar-refractivity contribution in [1.82, 2.24) is 5.32 Å². The van der Waals surface area contributed by atoms with E-state index >= 15 is 0 Å².